The summed E-state index contributed by atoms with van der Waals surface area (Å²) < 4.78 is 18.3. The average molecular weight is 266 g/mol. The molecule has 1 aromatic carbocycles. The average Bonchev–Trinajstić information content (AvgIpc) is 2.35. The minimum atomic E-state index is -0.281. The predicted molar refractivity (Wildman–Crippen MR) is 70.2 cm³/mol. The lowest BCUT2D eigenvalue weighted by molar-refractivity contribution is -0.136. The normalized spacial score (nSPS) is 18.5. The van der Waals surface area contributed by atoms with Crippen LogP contribution in [-0.4, -0.2) is 31.2 Å². The molecular formula is C14H19FN2O2. The highest BCUT2D eigenvalue weighted by molar-refractivity contribution is 5.77. The minimum absolute atomic E-state index is 0.0454. The van der Waals surface area contributed by atoms with Crippen molar-refractivity contribution in [1.29, 1.82) is 0 Å². The molecule has 1 heterocycles. The molecular weight excluding hydrogens is 247 g/mol. The van der Waals surface area contributed by atoms with Crippen LogP contribution in [0.15, 0.2) is 24.3 Å². The standard InChI is InChI=1S/C14H19FN2O2/c1-10(11-3-5-12(15)6-4-11)17-13(18)7-19-14(2)8-16-9-14/h3-6,10,16H,7-9H2,1-2H3,(H,17,18). The maximum atomic E-state index is 12.8. The van der Waals surface area contributed by atoms with Gasteiger partial charge in [0.25, 0.3) is 0 Å². The first-order valence-electron chi connectivity index (χ1n) is 6.38. The third kappa shape index (κ3) is 3.75. The molecule has 104 valence electrons. The third-order valence-electron chi connectivity index (χ3n) is 3.30. The summed E-state index contributed by atoms with van der Waals surface area (Å²) in [4.78, 5) is 11.7. The monoisotopic (exact) mass is 266 g/mol. The highest BCUT2D eigenvalue weighted by Gasteiger charge is 2.33. The molecule has 19 heavy (non-hydrogen) atoms. The summed E-state index contributed by atoms with van der Waals surface area (Å²) in [5.41, 5.74) is 0.641. The molecule has 2 rings (SSSR count). The number of benzene rings is 1. The van der Waals surface area contributed by atoms with Crippen LogP contribution >= 0.6 is 0 Å². The van der Waals surface area contributed by atoms with Crippen molar-refractivity contribution >= 4 is 5.91 Å². The molecule has 4 nitrogen and oxygen atoms in total. The molecule has 2 N–H and O–H groups in total. The fourth-order valence-electron chi connectivity index (χ4n) is 1.94. The van der Waals surface area contributed by atoms with Crippen LogP contribution in [0.2, 0.25) is 0 Å². The number of ether oxygens (including phenoxy) is 1. The van der Waals surface area contributed by atoms with E-state index in [4.69, 9.17) is 4.74 Å². The molecule has 1 aromatic rings. The van der Waals surface area contributed by atoms with E-state index >= 15 is 0 Å². The van der Waals surface area contributed by atoms with Gasteiger partial charge in [-0.2, -0.15) is 0 Å². The van der Waals surface area contributed by atoms with E-state index in [0.717, 1.165) is 18.7 Å². The van der Waals surface area contributed by atoms with Crippen LogP contribution in [0, 0.1) is 5.82 Å². The van der Waals surface area contributed by atoms with Gasteiger partial charge in [0.1, 0.15) is 12.4 Å². The fraction of sp³-hybridized carbons (Fsp3) is 0.500. The summed E-state index contributed by atoms with van der Waals surface area (Å²) >= 11 is 0. The predicted octanol–water partition coefficient (Wildman–Crippen LogP) is 1.38. The maximum absolute atomic E-state index is 12.8. The van der Waals surface area contributed by atoms with E-state index in [1.165, 1.54) is 12.1 Å². The van der Waals surface area contributed by atoms with Crippen molar-refractivity contribution in [3.05, 3.63) is 35.6 Å². The quantitative estimate of drug-likeness (QED) is 0.846. The van der Waals surface area contributed by atoms with Crippen molar-refractivity contribution < 1.29 is 13.9 Å². The molecule has 0 bridgehead atoms. The van der Waals surface area contributed by atoms with Gasteiger partial charge >= 0.3 is 0 Å². The van der Waals surface area contributed by atoms with Crippen LogP contribution in [0.1, 0.15) is 25.5 Å². The Morgan fingerprint density at radius 3 is 2.63 bits per heavy atom. The van der Waals surface area contributed by atoms with Crippen LogP contribution in [-0.2, 0) is 9.53 Å². The molecule has 1 aliphatic heterocycles. The zero-order valence-electron chi connectivity index (χ0n) is 11.2. The summed E-state index contributed by atoms with van der Waals surface area (Å²) in [5.74, 6) is -0.444. The van der Waals surface area contributed by atoms with E-state index in [9.17, 15) is 9.18 Å². The van der Waals surface area contributed by atoms with Crippen LogP contribution in [0.3, 0.4) is 0 Å². The number of carbonyl (C=O) groups excluding carboxylic acids is 1. The number of rotatable bonds is 5. The molecule has 1 atom stereocenters. The minimum Gasteiger partial charge on any atom is -0.363 e. The van der Waals surface area contributed by atoms with E-state index in [1.54, 1.807) is 12.1 Å². The van der Waals surface area contributed by atoms with Crippen molar-refractivity contribution in [1.82, 2.24) is 10.6 Å². The number of hydrogen-bond acceptors (Lipinski definition) is 3. The Labute approximate surface area is 112 Å². The van der Waals surface area contributed by atoms with Crippen molar-refractivity contribution in [2.24, 2.45) is 0 Å². The van der Waals surface area contributed by atoms with Crippen LogP contribution in [0.25, 0.3) is 0 Å². The van der Waals surface area contributed by atoms with Crippen LogP contribution < -0.4 is 10.6 Å². The first-order valence-corrected chi connectivity index (χ1v) is 6.38. The molecule has 1 aliphatic rings. The lowest BCUT2D eigenvalue weighted by Crippen LogP contribution is -2.59. The van der Waals surface area contributed by atoms with E-state index in [0.29, 0.717) is 0 Å². The Hall–Kier alpha value is -1.46. The zero-order valence-corrected chi connectivity index (χ0v) is 11.2. The molecule has 0 spiro atoms. The molecule has 0 aliphatic carbocycles. The Bertz CT molecular complexity index is 443. The van der Waals surface area contributed by atoms with E-state index in [-0.39, 0.29) is 30.0 Å². The van der Waals surface area contributed by atoms with Crippen molar-refractivity contribution in [3.8, 4) is 0 Å². The van der Waals surface area contributed by atoms with Gasteiger partial charge in [0.05, 0.1) is 11.6 Å². The van der Waals surface area contributed by atoms with E-state index < -0.39 is 0 Å². The Morgan fingerprint density at radius 2 is 2.11 bits per heavy atom. The molecule has 5 heteroatoms. The first-order chi connectivity index (χ1) is 8.98. The molecule has 1 fully saturated rings. The number of amides is 1. The second kappa shape index (κ2) is 5.67. The van der Waals surface area contributed by atoms with Gasteiger partial charge in [0.2, 0.25) is 5.91 Å². The first kappa shape index (κ1) is 14.0. The SMILES string of the molecule is CC(NC(=O)COC1(C)CNC1)c1ccc(F)cc1. The van der Waals surface area contributed by atoms with Gasteiger partial charge in [-0.3, -0.25) is 4.79 Å². The second-order valence-corrected chi connectivity index (χ2v) is 5.18. The third-order valence-corrected chi connectivity index (χ3v) is 3.30. The molecule has 0 radical (unpaired) electrons. The number of hydrogen-bond donors (Lipinski definition) is 2. The zero-order chi connectivity index (χ0) is 13.9. The summed E-state index contributed by atoms with van der Waals surface area (Å²) in [7, 11) is 0. The van der Waals surface area contributed by atoms with Gasteiger partial charge < -0.3 is 15.4 Å². The lowest BCUT2D eigenvalue weighted by Gasteiger charge is -2.38. The summed E-state index contributed by atoms with van der Waals surface area (Å²) in [5, 5.41) is 5.93. The fourth-order valence-corrected chi connectivity index (χ4v) is 1.94. The van der Waals surface area contributed by atoms with Crippen molar-refractivity contribution in [2.75, 3.05) is 19.7 Å². The number of halogens is 1. The molecule has 1 unspecified atom stereocenters. The number of nitrogens with one attached hydrogen (secondary N) is 2. The largest absolute Gasteiger partial charge is 0.363 e. The van der Waals surface area contributed by atoms with Gasteiger partial charge in [-0.05, 0) is 31.5 Å². The molecule has 1 amide bonds. The van der Waals surface area contributed by atoms with Gasteiger partial charge in [-0.1, -0.05) is 12.1 Å². The number of carbonyl (C=O) groups is 1. The Balaban J connectivity index is 1.79. The maximum Gasteiger partial charge on any atom is 0.246 e. The van der Waals surface area contributed by atoms with Crippen molar-refractivity contribution in [3.63, 3.8) is 0 Å². The lowest BCUT2D eigenvalue weighted by atomic mass is 10.0. The Morgan fingerprint density at radius 1 is 1.47 bits per heavy atom. The highest BCUT2D eigenvalue weighted by Crippen LogP contribution is 2.16. The van der Waals surface area contributed by atoms with Gasteiger partial charge in [0, 0.05) is 13.1 Å². The summed E-state index contributed by atoms with van der Waals surface area (Å²) in [6.45, 7) is 5.42. The second-order valence-electron chi connectivity index (χ2n) is 5.18. The van der Waals surface area contributed by atoms with Crippen LogP contribution in [0.5, 0.6) is 0 Å². The topological polar surface area (TPSA) is 50.4 Å². The smallest absolute Gasteiger partial charge is 0.246 e. The van der Waals surface area contributed by atoms with Crippen molar-refractivity contribution in [2.45, 2.75) is 25.5 Å². The molecule has 1 saturated heterocycles. The van der Waals surface area contributed by atoms with Gasteiger partial charge in [-0.15, -0.1) is 0 Å². The summed E-state index contributed by atoms with van der Waals surface area (Å²) in [6.07, 6.45) is 0. The van der Waals surface area contributed by atoms with Crippen LogP contribution in [0.4, 0.5) is 4.39 Å². The molecule has 0 saturated carbocycles. The van der Waals surface area contributed by atoms with Gasteiger partial charge in [-0.25, -0.2) is 4.39 Å². The van der Waals surface area contributed by atoms with E-state index in [2.05, 4.69) is 10.6 Å². The summed E-state index contributed by atoms with van der Waals surface area (Å²) in [6, 6.07) is 5.94. The van der Waals surface area contributed by atoms with Gasteiger partial charge in [0.15, 0.2) is 0 Å². The highest BCUT2D eigenvalue weighted by atomic mass is 19.1. The molecule has 0 aromatic heterocycles. The Kier molecular flexibility index (Phi) is 4.17. The van der Waals surface area contributed by atoms with E-state index in [1.807, 2.05) is 13.8 Å².